The van der Waals surface area contributed by atoms with E-state index in [0.29, 0.717) is 0 Å². The second kappa shape index (κ2) is 25.9. The van der Waals surface area contributed by atoms with Crippen LogP contribution in [-0.2, 0) is 124 Å². The lowest BCUT2D eigenvalue weighted by atomic mass is 9.96. The topological polar surface area (TPSA) is 318 Å². The van der Waals surface area contributed by atoms with E-state index in [1.807, 2.05) is 0 Å². The van der Waals surface area contributed by atoms with Crippen molar-refractivity contribution in [3.8, 4) is 0 Å². The van der Waals surface area contributed by atoms with E-state index in [4.69, 9.17) is 75.8 Å². The van der Waals surface area contributed by atoms with Gasteiger partial charge in [0.05, 0.1) is 19.8 Å². The van der Waals surface area contributed by atoms with Gasteiger partial charge in [-0.2, -0.15) is 0 Å². The summed E-state index contributed by atoms with van der Waals surface area (Å²) in [6.07, 6.45) is -23.2. The Morgan fingerprint density at radius 1 is 0.343 bits per heavy atom. The lowest BCUT2D eigenvalue weighted by molar-refractivity contribution is -0.344. The number of carbonyl (C=O) groups excluding carboxylic acids is 10. The lowest BCUT2D eigenvalue weighted by Gasteiger charge is -2.47. The third-order valence-corrected chi connectivity index (χ3v) is 9.17. The fourth-order valence-electron chi connectivity index (χ4n) is 7.11. The molecule has 0 aromatic rings. The van der Waals surface area contributed by atoms with E-state index in [-0.39, 0.29) is 6.61 Å². The van der Waals surface area contributed by atoms with Gasteiger partial charge >= 0.3 is 59.7 Å². The largest absolute Gasteiger partial charge is 0.463 e. The Bertz CT molecular complexity index is 1810. The molecule has 3 saturated heterocycles. The van der Waals surface area contributed by atoms with E-state index in [1.165, 1.54) is 6.08 Å². The monoisotopic (exact) mass is 964 g/mol. The summed E-state index contributed by atoms with van der Waals surface area (Å²) in [5.74, 6) is -9.15. The van der Waals surface area contributed by atoms with Crippen LogP contribution < -0.4 is 0 Å². The van der Waals surface area contributed by atoms with E-state index in [1.54, 1.807) is 0 Å². The molecular weight excluding hydrogens is 908 g/mol. The van der Waals surface area contributed by atoms with Gasteiger partial charge in [-0.1, -0.05) is 6.08 Å². The van der Waals surface area contributed by atoms with E-state index < -0.39 is 172 Å². The van der Waals surface area contributed by atoms with Crippen LogP contribution in [0.5, 0.6) is 0 Å². The Hall–Kier alpha value is -5.80. The standard InChI is InChI=1S/C41H56O26/c1-12-13-52-39-36(62-24(9)49)33(59-21(6)46)31(57-19(4)44)28(65-39)15-54-41-38(64-26(11)51)35(61-23(8)48)32(58-20(5)45)29(67-41)16-55-40-37(63-25(10)50)34(60-22(7)47)30(56-18(3)43)27(66-40)14-53-17(2)42/h12,27-41H,1,13-16H2,2-11H3/t27-,28-,29-,30+,31-,32+,33+,34+,35+,36-,37-,38-,39-,40+,41+/m1/s1. The zero-order valence-electron chi connectivity index (χ0n) is 38.4. The van der Waals surface area contributed by atoms with Crippen molar-refractivity contribution in [2.45, 2.75) is 161 Å². The minimum Gasteiger partial charge on any atom is -0.463 e. The molecule has 3 heterocycles. The predicted octanol–water partition coefficient (Wildman–Crippen LogP) is -0.655. The molecule has 3 rings (SSSR count). The van der Waals surface area contributed by atoms with Crippen molar-refractivity contribution in [1.29, 1.82) is 0 Å². The Labute approximate surface area is 383 Å². The molecule has 15 atom stereocenters. The van der Waals surface area contributed by atoms with E-state index in [2.05, 4.69) is 6.58 Å². The second-order valence-electron chi connectivity index (χ2n) is 14.9. The first kappa shape index (κ1) is 55.5. The first-order chi connectivity index (χ1) is 31.4. The molecule has 0 unspecified atom stereocenters. The van der Waals surface area contributed by atoms with Gasteiger partial charge in [0.1, 0.15) is 24.9 Å². The molecule has 0 saturated carbocycles. The van der Waals surface area contributed by atoms with Crippen molar-refractivity contribution in [2.75, 3.05) is 26.4 Å². The predicted molar refractivity (Wildman–Crippen MR) is 211 cm³/mol. The van der Waals surface area contributed by atoms with E-state index >= 15 is 0 Å². The lowest BCUT2D eigenvalue weighted by Crippen LogP contribution is -2.65. The summed E-state index contributed by atoms with van der Waals surface area (Å²) in [4.78, 5) is 124. The maximum absolute atomic E-state index is 12.7. The number of hydrogen-bond acceptors (Lipinski definition) is 26. The maximum atomic E-state index is 12.7. The van der Waals surface area contributed by atoms with Crippen molar-refractivity contribution in [3.05, 3.63) is 12.7 Å². The van der Waals surface area contributed by atoms with Gasteiger partial charge in [-0.25, -0.2) is 0 Å². The van der Waals surface area contributed by atoms with Gasteiger partial charge in [0.15, 0.2) is 73.8 Å². The van der Waals surface area contributed by atoms with E-state index in [0.717, 1.165) is 69.2 Å². The first-order valence-electron chi connectivity index (χ1n) is 20.5. The highest BCUT2D eigenvalue weighted by molar-refractivity contribution is 5.70. The molecule has 0 N–H and O–H groups in total. The zero-order valence-corrected chi connectivity index (χ0v) is 38.4. The molecule has 0 bridgehead atoms. The average Bonchev–Trinajstić information content (AvgIpc) is 3.19. The molecule has 0 aromatic carbocycles. The summed E-state index contributed by atoms with van der Waals surface area (Å²) in [5, 5.41) is 0. The highest BCUT2D eigenvalue weighted by atomic mass is 16.8. The van der Waals surface area contributed by atoms with Crippen molar-refractivity contribution < 1.29 is 124 Å². The number of carbonyl (C=O) groups is 10. The Morgan fingerprint density at radius 2 is 0.582 bits per heavy atom. The van der Waals surface area contributed by atoms with Gasteiger partial charge in [0.2, 0.25) is 0 Å². The van der Waals surface area contributed by atoms with Gasteiger partial charge in [-0.05, 0) is 0 Å². The minimum absolute atomic E-state index is 0.190. The summed E-state index contributed by atoms with van der Waals surface area (Å²) in [6.45, 7) is 11.5. The van der Waals surface area contributed by atoms with Crippen LogP contribution in [-0.4, -0.2) is 178 Å². The highest BCUT2D eigenvalue weighted by Crippen LogP contribution is 2.35. The Morgan fingerprint density at radius 3 is 0.836 bits per heavy atom. The molecule has 3 aliphatic heterocycles. The van der Waals surface area contributed by atoms with Gasteiger partial charge < -0.3 is 75.8 Å². The van der Waals surface area contributed by atoms with Gasteiger partial charge in [0, 0.05) is 69.2 Å². The molecule has 3 aliphatic rings. The van der Waals surface area contributed by atoms with E-state index in [9.17, 15) is 47.9 Å². The van der Waals surface area contributed by atoms with Crippen LogP contribution >= 0.6 is 0 Å². The third-order valence-electron chi connectivity index (χ3n) is 9.17. The molecule has 3 fully saturated rings. The molecule has 0 aliphatic carbocycles. The van der Waals surface area contributed by atoms with Crippen LogP contribution in [0.4, 0.5) is 0 Å². The number of ether oxygens (including phenoxy) is 16. The smallest absolute Gasteiger partial charge is 0.303 e. The normalized spacial score (nSPS) is 31.3. The van der Waals surface area contributed by atoms with Gasteiger partial charge in [-0.15, -0.1) is 6.58 Å². The minimum atomic E-state index is -1.85. The molecular formula is C41H56O26. The SMILES string of the molecule is C=CCO[C@@H]1O[C@H](CO[C@H]2O[C@H](CO[C@H]3O[C@H](COC(C)=O)[C@H](OC(C)=O)[C@H](OC(C)=O)[C@H]3OC(C)=O)[C@H](OC(C)=O)[C@H](OC(C)=O)[C@H]2OC(C)=O)[C@@H](OC(C)=O)[C@H](OC(C)=O)[C@H]1OC(C)=O. The summed E-state index contributed by atoms with van der Waals surface area (Å²) < 4.78 is 90.7. The molecule has 26 nitrogen and oxygen atoms in total. The van der Waals surface area contributed by atoms with Crippen molar-refractivity contribution in [3.63, 3.8) is 0 Å². The van der Waals surface area contributed by atoms with Crippen LogP contribution in [0, 0.1) is 0 Å². The molecule has 26 heteroatoms. The van der Waals surface area contributed by atoms with Crippen molar-refractivity contribution in [2.24, 2.45) is 0 Å². The van der Waals surface area contributed by atoms with Crippen LogP contribution in [0.15, 0.2) is 12.7 Å². The van der Waals surface area contributed by atoms with Gasteiger partial charge in [-0.3, -0.25) is 47.9 Å². The molecule has 376 valence electrons. The highest BCUT2D eigenvalue weighted by Gasteiger charge is 2.57. The summed E-state index contributed by atoms with van der Waals surface area (Å²) in [5.41, 5.74) is 0. The number of hydrogen-bond donors (Lipinski definition) is 0. The van der Waals surface area contributed by atoms with Crippen molar-refractivity contribution >= 4 is 59.7 Å². The molecule has 0 radical (unpaired) electrons. The quantitative estimate of drug-likeness (QED) is 0.0831. The van der Waals surface area contributed by atoms with Crippen LogP contribution in [0.3, 0.4) is 0 Å². The third kappa shape index (κ3) is 17.1. The summed E-state index contributed by atoms with van der Waals surface area (Å²) in [6, 6.07) is 0. The fraction of sp³-hybridized carbons (Fsp3) is 0.707. The van der Waals surface area contributed by atoms with Crippen molar-refractivity contribution in [1.82, 2.24) is 0 Å². The van der Waals surface area contributed by atoms with Crippen LogP contribution in [0.25, 0.3) is 0 Å². The molecule has 0 spiro atoms. The molecule has 67 heavy (non-hydrogen) atoms. The number of esters is 10. The summed E-state index contributed by atoms with van der Waals surface area (Å²) >= 11 is 0. The van der Waals surface area contributed by atoms with Crippen LogP contribution in [0.2, 0.25) is 0 Å². The second-order valence-corrected chi connectivity index (χ2v) is 14.9. The Balaban J connectivity index is 2.14. The molecule has 0 amide bonds. The summed E-state index contributed by atoms with van der Waals surface area (Å²) in [7, 11) is 0. The zero-order chi connectivity index (χ0) is 50.3. The average molecular weight is 965 g/mol. The molecule has 0 aromatic heterocycles. The fourth-order valence-corrected chi connectivity index (χ4v) is 7.11. The van der Waals surface area contributed by atoms with Gasteiger partial charge in [0.25, 0.3) is 0 Å². The number of rotatable bonds is 20. The maximum Gasteiger partial charge on any atom is 0.303 e. The Kier molecular flexibility index (Phi) is 21.5. The first-order valence-corrected chi connectivity index (χ1v) is 20.5. The van der Waals surface area contributed by atoms with Crippen LogP contribution in [0.1, 0.15) is 69.2 Å².